The summed E-state index contributed by atoms with van der Waals surface area (Å²) in [5.74, 6) is 0.927. The molecule has 8 nitrogen and oxygen atoms in total. The van der Waals surface area contributed by atoms with Gasteiger partial charge in [-0.05, 0) is 25.2 Å². The van der Waals surface area contributed by atoms with Gasteiger partial charge < -0.3 is 20.5 Å². The molecule has 31 heavy (non-hydrogen) atoms. The number of para-hydroxylation sites is 3. The molecule has 3 rings (SSSR count). The lowest BCUT2D eigenvalue weighted by Gasteiger charge is -2.19. The Morgan fingerprint density at radius 3 is 2.35 bits per heavy atom. The van der Waals surface area contributed by atoms with Crippen molar-refractivity contribution in [2.24, 2.45) is 0 Å². The highest BCUT2D eigenvalue weighted by molar-refractivity contribution is 5.62. The number of ether oxygens (including phenoxy) is 2. The van der Waals surface area contributed by atoms with Gasteiger partial charge in [0.15, 0.2) is 0 Å². The third-order valence-electron chi connectivity index (χ3n) is 4.10. The molecule has 0 radical (unpaired) electrons. The zero-order chi connectivity index (χ0) is 22.4. The summed E-state index contributed by atoms with van der Waals surface area (Å²) in [4.78, 5) is 14.3. The van der Waals surface area contributed by atoms with E-state index in [9.17, 15) is 13.2 Å². The Morgan fingerprint density at radius 2 is 1.65 bits per heavy atom. The Bertz CT molecular complexity index is 1030. The maximum absolute atomic E-state index is 12.6. The molecule has 0 saturated heterocycles. The predicted molar refractivity (Wildman–Crippen MR) is 109 cm³/mol. The molecule has 3 aromatic rings. The van der Waals surface area contributed by atoms with E-state index in [4.69, 9.17) is 10.5 Å². The van der Waals surface area contributed by atoms with E-state index in [1.807, 2.05) is 12.1 Å². The molecule has 3 N–H and O–H groups in total. The first kappa shape index (κ1) is 22.1. The second-order valence-corrected chi connectivity index (χ2v) is 6.59. The number of halogens is 3. The average Bonchev–Trinajstić information content (AvgIpc) is 2.68. The van der Waals surface area contributed by atoms with E-state index in [0.717, 1.165) is 0 Å². The smallest absolute Gasteiger partial charge is 0.495 e. The van der Waals surface area contributed by atoms with Gasteiger partial charge in [0.05, 0.1) is 19.3 Å². The van der Waals surface area contributed by atoms with Crippen LogP contribution in [0.1, 0.15) is 11.4 Å². The van der Waals surface area contributed by atoms with Crippen molar-refractivity contribution < 1.29 is 22.6 Å². The first-order valence-electron chi connectivity index (χ1n) is 9.16. The van der Waals surface area contributed by atoms with Crippen molar-refractivity contribution in [3.63, 3.8) is 0 Å². The van der Waals surface area contributed by atoms with Crippen LogP contribution in [0.3, 0.4) is 0 Å². The molecular formula is C20H21F3N6O2. The largest absolute Gasteiger partial charge is 0.573 e. The van der Waals surface area contributed by atoms with Crippen LogP contribution in [-0.4, -0.2) is 40.4 Å². The summed E-state index contributed by atoms with van der Waals surface area (Å²) in [6.07, 6.45) is -4.77. The van der Waals surface area contributed by atoms with Gasteiger partial charge in [-0.2, -0.15) is 15.0 Å². The molecule has 0 aliphatic rings. The van der Waals surface area contributed by atoms with E-state index >= 15 is 0 Å². The SMILES string of the molecule is COc1ccccc1Nc1nc(N)nc(CN(C)Cc2ccccc2OC(F)(F)F)n1. The summed E-state index contributed by atoms with van der Waals surface area (Å²) in [7, 11) is 3.26. The molecule has 164 valence electrons. The van der Waals surface area contributed by atoms with Gasteiger partial charge in [0.2, 0.25) is 11.9 Å². The summed E-state index contributed by atoms with van der Waals surface area (Å²) in [5, 5.41) is 3.03. The van der Waals surface area contributed by atoms with Crippen LogP contribution in [0, 0.1) is 0 Å². The third-order valence-corrected chi connectivity index (χ3v) is 4.10. The number of anilines is 3. The zero-order valence-electron chi connectivity index (χ0n) is 16.8. The fraction of sp³-hybridized carbons (Fsp3) is 0.250. The number of nitrogens with two attached hydrogens (primary N) is 1. The highest BCUT2D eigenvalue weighted by Gasteiger charge is 2.32. The van der Waals surface area contributed by atoms with Crippen molar-refractivity contribution in [2.75, 3.05) is 25.2 Å². The normalized spacial score (nSPS) is 11.4. The van der Waals surface area contributed by atoms with Gasteiger partial charge >= 0.3 is 6.36 Å². The number of benzene rings is 2. The summed E-state index contributed by atoms with van der Waals surface area (Å²) in [5.41, 5.74) is 6.83. The molecule has 0 fully saturated rings. The lowest BCUT2D eigenvalue weighted by atomic mass is 10.2. The fourth-order valence-electron chi connectivity index (χ4n) is 2.88. The first-order valence-corrected chi connectivity index (χ1v) is 9.16. The van der Waals surface area contributed by atoms with Gasteiger partial charge in [-0.25, -0.2) is 0 Å². The highest BCUT2D eigenvalue weighted by Crippen LogP contribution is 2.28. The lowest BCUT2D eigenvalue weighted by Crippen LogP contribution is -2.22. The molecule has 0 aliphatic carbocycles. The molecule has 11 heteroatoms. The monoisotopic (exact) mass is 434 g/mol. The maximum Gasteiger partial charge on any atom is 0.573 e. The number of hydrogen-bond acceptors (Lipinski definition) is 8. The summed E-state index contributed by atoms with van der Waals surface area (Å²) in [6.45, 7) is 0.390. The van der Waals surface area contributed by atoms with E-state index in [1.54, 1.807) is 43.3 Å². The number of aromatic nitrogens is 3. The molecule has 0 aliphatic heterocycles. The van der Waals surface area contributed by atoms with Crippen LogP contribution in [0.5, 0.6) is 11.5 Å². The number of nitrogens with one attached hydrogen (secondary N) is 1. The highest BCUT2D eigenvalue weighted by atomic mass is 19.4. The van der Waals surface area contributed by atoms with Crippen LogP contribution in [-0.2, 0) is 13.1 Å². The van der Waals surface area contributed by atoms with Crippen molar-refractivity contribution in [2.45, 2.75) is 19.5 Å². The Morgan fingerprint density at radius 1 is 0.968 bits per heavy atom. The van der Waals surface area contributed by atoms with Crippen molar-refractivity contribution in [1.82, 2.24) is 19.9 Å². The number of rotatable bonds is 8. The van der Waals surface area contributed by atoms with Gasteiger partial charge in [-0.15, -0.1) is 13.2 Å². The summed E-state index contributed by atoms with van der Waals surface area (Å²) < 4.78 is 47.3. The zero-order valence-corrected chi connectivity index (χ0v) is 16.8. The second-order valence-electron chi connectivity index (χ2n) is 6.59. The Hall–Kier alpha value is -3.60. The van der Waals surface area contributed by atoms with E-state index in [2.05, 4.69) is 25.0 Å². The minimum atomic E-state index is -4.77. The Balaban J connectivity index is 1.73. The van der Waals surface area contributed by atoms with E-state index < -0.39 is 6.36 Å². The molecule has 0 amide bonds. The van der Waals surface area contributed by atoms with Crippen LogP contribution in [0.4, 0.5) is 30.8 Å². The van der Waals surface area contributed by atoms with Gasteiger partial charge in [0, 0.05) is 12.1 Å². The summed E-state index contributed by atoms with van der Waals surface area (Å²) in [6, 6.07) is 13.2. The molecule has 0 bridgehead atoms. The first-order chi connectivity index (χ1) is 14.7. The van der Waals surface area contributed by atoms with Crippen molar-refractivity contribution in [3.8, 4) is 11.5 Å². The second kappa shape index (κ2) is 9.47. The van der Waals surface area contributed by atoms with Gasteiger partial charge in [-0.3, -0.25) is 4.90 Å². The Labute approximate surface area is 176 Å². The molecule has 0 atom stereocenters. The topological polar surface area (TPSA) is 98.4 Å². The van der Waals surface area contributed by atoms with E-state index in [-0.39, 0.29) is 30.7 Å². The average molecular weight is 434 g/mol. The molecule has 1 heterocycles. The minimum absolute atomic E-state index is 0.0107. The van der Waals surface area contributed by atoms with Crippen LogP contribution < -0.4 is 20.5 Å². The fourth-order valence-corrected chi connectivity index (χ4v) is 2.88. The Kier molecular flexibility index (Phi) is 6.75. The predicted octanol–water partition coefficient (Wildman–Crippen LogP) is 3.74. The van der Waals surface area contributed by atoms with E-state index in [0.29, 0.717) is 22.8 Å². The van der Waals surface area contributed by atoms with Crippen LogP contribution in [0.25, 0.3) is 0 Å². The van der Waals surface area contributed by atoms with Crippen molar-refractivity contribution >= 4 is 17.6 Å². The lowest BCUT2D eigenvalue weighted by molar-refractivity contribution is -0.275. The van der Waals surface area contributed by atoms with E-state index in [1.165, 1.54) is 12.1 Å². The standard InChI is InChI=1S/C20H21F3N6O2/c1-29(11-13-7-3-5-9-15(13)31-20(21,22)23)12-17-26-18(24)28-19(27-17)25-14-8-4-6-10-16(14)30-2/h3-10H,11-12H2,1-2H3,(H3,24,25,26,27,28). The third kappa shape index (κ3) is 6.44. The quantitative estimate of drug-likeness (QED) is 0.553. The van der Waals surface area contributed by atoms with Crippen LogP contribution in [0.2, 0.25) is 0 Å². The van der Waals surface area contributed by atoms with Gasteiger partial charge in [-0.1, -0.05) is 30.3 Å². The van der Waals surface area contributed by atoms with Crippen LogP contribution >= 0.6 is 0 Å². The molecule has 0 spiro atoms. The number of methoxy groups -OCH3 is 1. The molecule has 0 unspecified atom stereocenters. The van der Waals surface area contributed by atoms with Gasteiger partial charge in [0.25, 0.3) is 0 Å². The number of nitrogens with zero attached hydrogens (tertiary/aromatic N) is 4. The maximum atomic E-state index is 12.6. The number of hydrogen-bond donors (Lipinski definition) is 2. The minimum Gasteiger partial charge on any atom is -0.495 e. The van der Waals surface area contributed by atoms with Crippen molar-refractivity contribution in [3.05, 3.63) is 59.9 Å². The van der Waals surface area contributed by atoms with Crippen molar-refractivity contribution in [1.29, 1.82) is 0 Å². The molecular weight excluding hydrogens is 413 g/mol. The molecule has 1 aromatic heterocycles. The molecule has 0 saturated carbocycles. The van der Waals surface area contributed by atoms with Crippen LogP contribution in [0.15, 0.2) is 48.5 Å². The number of nitrogen functional groups attached to an aromatic ring is 1. The number of alkyl halides is 3. The summed E-state index contributed by atoms with van der Waals surface area (Å²) >= 11 is 0. The van der Waals surface area contributed by atoms with Gasteiger partial charge in [0.1, 0.15) is 17.3 Å². The molecule has 2 aromatic carbocycles.